The molecule has 0 atom stereocenters. The van der Waals surface area contributed by atoms with Crippen molar-refractivity contribution in [2.24, 2.45) is 0 Å². The Morgan fingerprint density at radius 2 is 0.860 bits per heavy atom. The highest BCUT2D eigenvalue weighted by Gasteiger charge is 2.40. The average Bonchev–Trinajstić information content (AvgIpc) is 3.26. The molecule has 0 saturated heterocycles. The third kappa shape index (κ3) is 4.75. The van der Waals surface area contributed by atoms with Crippen molar-refractivity contribution < 1.29 is 30.8 Å². The summed E-state index contributed by atoms with van der Waals surface area (Å²) in [6.07, 6.45) is 0.770. The molecule has 1 spiro atoms. The Bertz CT molecular complexity index is 2360. The molecular weight excluding hydrogens is 644 g/mol. The maximum absolute atomic E-state index is 14.9. The molecule has 1 nitrogen and oxygen atoms in total. The smallest absolute Gasteiger partial charge is 0.194 e. The van der Waals surface area contributed by atoms with E-state index in [0.717, 1.165) is 74.5 Å². The number of fused-ring (bicyclic) bond motifs is 8. The Kier molecular flexibility index (Phi) is 6.94. The molecular formula is C43H28F6N+. The molecule has 0 bridgehead atoms. The third-order valence-corrected chi connectivity index (χ3v) is 10.6. The van der Waals surface area contributed by atoms with E-state index < -0.39 is 34.9 Å². The summed E-state index contributed by atoms with van der Waals surface area (Å²) >= 11 is 0. The maximum atomic E-state index is 14.9. The first kappa shape index (κ1) is 30.6. The van der Waals surface area contributed by atoms with Gasteiger partial charge in [0.15, 0.2) is 34.9 Å². The first-order valence-corrected chi connectivity index (χ1v) is 16.5. The minimum atomic E-state index is -1.53. The Morgan fingerprint density at radius 1 is 0.440 bits per heavy atom. The fourth-order valence-corrected chi connectivity index (χ4v) is 8.37. The van der Waals surface area contributed by atoms with Crippen molar-refractivity contribution in [2.75, 3.05) is 6.54 Å². The molecule has 0 aliphatic carbocycles. The zero-order chi connectivity index (χ0) is 34.3. The van der Waals surface area contributed by atoms with E-state index in [0.29, 0.717) is 41.8 Å². The van der Waals surface area contributed by atoms with E-state index in [4.69, 9.17) is 0 Å². The number of hydrogen-bond acceptors (Lipinski definition) is 0. The van der Waals surface area contributed by atoms with Crippen molar-refractivity contribution in [3.8, 4) is 33.4 Å². The zero-order valence-corrected chi connectivity index (χ0v) is 26.6. The van der Waals surface area contributed by atoms with Gasteiger partial charge in [-0.3, -0.25) is 0 Å². The van der Waals surface area contributed by atoms with Crippen molar-refractivity contribution in [1.29, 1.82) is 0 Å². The van der Waals surface area contributed by atoms with Crippen LogP contribution in [0.5, 0.6) is 0 Å². The Hall–Kier alpha value is -5.40. The number of nitrogens with zero attached hydrogens (tertiary/aromatic N) is 1. The number of rotatable bonds is 2. The summed E-state index contributed by atoms with van der Waals surface area (Å²) in [5.41, 5.74) is 7.35. The van der Waals surface area contributed by atoms with Gasteiger partial charge in [0.05, 0.1) is 6.54 Å². The summed E-state index contributed by atoms with van der Waals surface area (Å²) in [6, 6.07) is 31.8. The second-order valence-electron chi connectivity index (χ2n) is 13.6. The molecule has 7 aromatic carbocycles. The largest absolute Gasteiger partial charge is 0.312 e. The van der Waals surface area contributed by atoms with Crippen LogP contribution in [0.2, 0.25) is 0 Å². The Morgan fingerprint density at radius 3 is 1.34 bits per heavy atom. The van der Waals surface area contributed by atoms with Crippen molar-refractivity contribution >= 4 is 21.5 Å². The van der Waals surface area contributed by atoms with Gasteiger partial charge in [-0.05, 0) is 85.8 Å². The van der Waals surface area contributed by atoms with Gasteiger partial charge in [-0.15, -0.1) is 0 Å². The summed E-state index contributed by atoms with van der Waals surface area (Å²) in [5.74, 6) is -8.17. The van der Waals surface area contributed by atoms with Crippen LogP contribution in [0, 0.1) is 34.9 Å². The molecule has 0 amide bonds. The van der Waals surface area contributed by atoms with Crippen molar-refractivity contribution in [3.63, 3.8) is 0 Å². The van der Waals surface area contributed by atoms with Crippen LogP contribution in [0.4, 0.5) is 26.3 Å². The minimum Gasteiger partial charge on any atom is -0.312 e. The van der Waals surface area contributed by atoms with E-state index in [9.17, 15) is 26.3 Å². The van der Waals surface area contributed by atoms with Crippen LogP contribution in [0.1, 0.15) is 22.3 Å². The van der Waals surface area contributed by atoms with E-state index in [1.165, 1.54) is 11.1 Å². The van der Waals surface area contributed by atoms with Gasteiger partial charge in [-0.25, -0.2) is 26.3 Å². The number of halogens is 6. The lowest BCUT2D eigenvalue weighted by atomic mass is 9.82. The average molecular weight is 673 g/mol. The zero-order valence-electron chi connectivity index (χ0n) is 26.6. The molecule has 2 aliphatic rings. The molecule has 50 heavy (non-hydrogen) atoms. The monoisotopic (exact) mass is 672 g/mol. The van der Waals surface area contributed by atoms with Gasteiger partial charge in [0.2, 0.25) is 0 Å². The normalized spacial score (nSPS) is 14.8. The molecule has 0 radical (unpaired) electrons. The SMILES string of the molecule is Fc1cc(-c2cc3ccccc3c3c2C[N+]2(CCc4ccccc4C2)Cc2c(-c4cc(F)c(F)c(F)c4)cc4ccccc4c2-3)cc(F)c1F. The summed E-state index contributed by atoms with van der Waals surface area (Å²) in [7, 11) is 0. The molecule has 0 saturated carbocycles. The molecule has 246 valence electrons. The highest BCUT2D eigenvalue weighted by atomic mass is 19.2. The molecule has 7 aromatic rings. The van der Waals surface area contributed by atoms with E-state index in [1.54, 1.807) is 0 Å². The van der Waals surface area contributed by atoms with Gasteiger partial charge in [0.25, 0.3) is 0 Å². The van der Waals surface area contributed by atoms with Gasteiger partial charge in [-0.1, -0.05) is 72.8 Å². The third-order valence-electron chi connectivity index (χ3n) is 10.6. The summed E-state index contributed by atoms with van der Waals surface area (Å²) in [4.78, 5) is 0. The van der Waals surface area contributed by atoms with Crippen LogP contribution in [0.3, 0.4) is 0 Å². The fourth-order valence-electron chi connectivity index (χ4n) is 8.37. The Balaban J connectivity index is 1.46. The summed E-state index contributed by atoms with van der Waals surface area (Å²) < 4.78 is 88.9. The van der Waals surface area contributed by atoms with E-state index in [-0.39, 0.29) is 11.1 Å². The van der Waals surface area contributed by atoms with E-state index in [2.05, 4.69) is 12.1 Å². The van der Waals surface area contributed by atoms with Crippen LogP contribution >= 0.6 is 0 Å². The van der Waals surface area contributed by atoms with Crippen LogP contribution < -0.4 is 0 Å². The van der Waals surface area contributed by atoms with Crippen molar-refractivity contribution in [2.45, 2.75) is 26.1 Å². The molecule has 2 heterocycles. The van der Waals surface area contributed by atoms with Crippen LogP contribution in [0.15, 0.2) is 109 Å². The molecule has 0 fully saturated rings. The standard InChI is InChI=1S/C43H28F6N/c44-36-17-28(18-37(45)42(36)48)32-15-25-8-3-5-11-30(25)40-34(32)22-50(14-13-24-7-1-2-10-27(24)21-50)23-35-33(29-19-38(46)43(49)39(47)20-29)16-26-9-4-6-12-31(26)41(35)40/h1-12,15-20H,13-14,21-23H2/q+1. The second-order valence-corrected chi connectivity index (χ2v) is 13.6. The van der Waals surface area contributed by atoms with Gasteiger partial charge in [0, 0.05) is 34.2 Å². The molecule has 7 heteroatoms. The van der Waals surface area contributed by atoms with E-state index >= 15 is 0 Å². The van der Waals surface area contributed by atoms with Crippen molar-refractivity contribution in [3.05, 3.63) is 166 Å². The Labute approximate surface area is 284 Å². The predicted octanol–water partition coefficient (Wildman–Crippen LogP) is 11.4. The van der Waals surface area contributed by atoms with Crippen molar-refractivity contribution in [1.82, 2.24) is 0 Å². The van der Waals surface area contributed by atoms with Gasteiger partial charge < -0.3 is 4.48 Å². The lowest BCUT2D eigenvalue weighted by Crippen LogP contribution is -2.49. The van der Waals surface area contributed by atoms with Gasteiger partial charge in [0.1, 0.15) is 19.6 Å². The second kappa shape index (κ2) is 11.3. The first-order chi connectivity index (χ1) is 24.2. The maximum Gasteiger partial charge on any atom is 0.194 e. The fraction of sp³-hybridized carbons (Fsp3) is 0.116. The molecule has 0 N–H and O–H groups in total. The van der Waals surface area contributed by atoms with Crippen LogP contribution in [-0.2, 0) is 26.1 Å². The van der Waals surface area contributed by atoms with E-state index in [1.807, 2.05) is 72.8 Å². The predicted molar refractivity (Wildman–Crippen MR) is 184 cm³/mol. The van der Waals surface area contributed by atoms with Crippen LogP contribution in [0.25, 0.3) is 54.9 Å². The highest BCUT2D eigenvalue weighted by molar-refractivity contribution is 6.12. The summed E-state index contributed by atoms with van der Waals surface area (Å²) in [6.45, 7) is 2.26. The highest BCUT2D eigenvalue weighted by Crippen LogP contribution is 2.51. The van der Waals surface area contributed by atoms with Gasteiger partial charge >= 0.3 is 0 Å². The quantitative estimate of drug-likeness (QED) is 0.0974. The minimum absolute atomic E-state index is 0.213. The molecule has 9 rings (SSSR count). The summed E-state index contributed by atoms with van der Waals surface area (Å²) in [5, 5.41) is 3.41. The number of benzene rings is 7. The molecule has 0 aromatic heterocycles. The number of hydrogen-bond donors (Lipinski definition) is 0. The van der Waals surface area contributed by atoms with Gasteiger partial charge in [-0.2, -0.15) is 0 Å². The first-order valence-electron chi connectivity index (χ1n) is 16.5. The van der Waals surface area contributed by atoms with Crippen LogP contribution in [-0.4, -0.2) is 11.0 Å². The topological polar surface area (TPSA) is 0 Å². The lowest BCUT2D eigenvalue weighted by molar-refractivity contribution is -0.967. The number of quaternary nitrogens is 1. The molecule has 2 aliphatic heterocycles. The molecule has 0 unspecified atom stereocenters. The lowest BCUT2D eigenvalue weighted by Gasteiger charge is -2.42.